The third-order valence-electron chi connectivity index (χ3n) is 3.74. The second kappa shape index (κ2) is 8.71. The van der Waals surface area contributed by atoms with E-state index in [9.17, 15) is 0 Å². The highest BCUT2D eigenvalue weighted by Gasteiger charge is 2.11. The van der Waals surface area contributed by atoms with Gasteiger partial charge in [-0.25, -0.2) is 4.68 Å². The molecule has 0 saturated heterocycles. The van der Waals surface area contributed by atoms with E-state index in [2.05, 4.69) is 57.1 Å². The summed E-state index contributed by atoms with van der Waals surface area (Å²) in [5.74, 6) is 0.852. The van der Waals surface area contributed by atoms with E-state index in [1.54, 1.807) is 13.2 Å². The second-order valence-electron chi connectivity index (χ2n) is 5.33. The molecule has 1 aliphatic rings. The first-order valence-corrected chi connectivity index (χ1v) is 7.56. The van der Waals surface area contributed by atoms with E-state index in [1.165, 1.54) is 5.56 Å². The van der Waals surface area contributed by atoms with E-state index in [-0.39, 0.29) is 24.0 Å². The average molecular weight is 423 g/mol. The molecule has 5 nitrogen and oxygen atoms in total. The molecule has 2 aromatic rings. The summed E-state index contributed by atoms with van der Waals surface area (Å²) >= 11 is 0. The largest absolute Gasteiger partial charge is 0.353 e. The molecule has 2 N–H and O–H groups in total. The maximum Gasteiger partial charge on any atom is 0.191 e. The number of aliphatic imine (C=N–C) groups is 1. The van der Waals surface area contributed by atoms with Crippen molar-refractivity contribution >= 4 is 29.9 Å². The zero-order valence-electron chi connectivity index (χ0n) is 13.1. The molecule has 6 heteroatoms. The van der Waals surface area contributed by atoms with E-state index >= 15 is 0 Å². The fourth-order valence-electron chi connectivity index (χ4n) is 2.50. The maximum atomic E-state index is 4.28. The molecule has 0 bridgehead atoms. The molecule has 0 unspecified atom stereocenters. The number of hydrogen-bond donors (Lipinski definition) is 2. The minimum absolute atomic E-state index is 0. The molecule has 0 fully saturated rings. The third kappa shape index (κ3) is 4.82. The Kier molecular flexibility index (Phi) is 6.64. The predicted molar refractivity (Wildman–Crippen MR) is 104 cm³/mol. The summed E-state index contributed by atoms with van der Waals surface area (Å²) in [6.45, 7) is 0.749. The van der Waals surface area contributed by atoms with Crippen molar-refractivity contribution in [2.45, 2.75) is 25.4 Å². The van der Waals surface area contributed by atoms with Crippen molar-refractivity contribution in [1.82, 2.24) is 20.4 Å². The molecule has 0 aliphatic heterocycles. The van der Waals surface area contributed by atoms with Crippen LogP contribution in [0.5, 0.6) is 0 Å². The van der Waals surface area contributed by atoms with Gasteiger partial charge in [0.15, 0.2) is 5.96 Å². The Hall–Kier alpha value is -1.83. The molecule has 0 amide bonds. The van der Waals surface area contributed by atoms with Crippen LogP contribution < -0.4 is 10.6 Å². The fourth-order valence-corrected chi connectivity index (χ4v) is 2.50. The van der Waals surface area contributed by atoms with Crippen molar-refractivity contribution in [3.8, 4) is 5.69 Å². The van der Waals surface area contributed by atoms with Crippen LogP contribution in [0.15, 0.2) is 59.9 Å². The van der Waals surface area contributed by atoms with Crippen LogP contribution in [-0.4, -0.2) is 28.8 Å². The van der Waals surface area contributed by atoms with E-state index in [0.29, 0.717) is 6.04 Å². The lowest BCUT2D eigenvalue weighted by molar-refractivity contribution is 0.633. The topological polar surface area (TPSA) is 54.2 Å². The van der Waals surface area contributed by atoms with Crippen LogP contribution in [0.4, 0.5) is 0 Å². The van der Waals surface area contributed by atoms with Crippen molar-refractivity contribution in [2.75, 3.05) is 7.05 Å². The Morgan fingerprint density at radius 2 is 2.00 bits per heavy atom. The summed E-state index contributed by atoms with van der Waals surface area (Å²) in [6.07, 6.45) is 10.3. The lowest BCUT2D eigenvalue weighted by atomic mass is 10.2. The Morgan fingerprint density at radius 3 is 2.61 bits per heavy atom. The molecule has 0 saturated carbocycles. The Labute approximate surface area is 153 Å². The van der Waals surface area contributed by atoms with Gasteiger partial charge >= 0.3 is 0 Å². The minimum Gasteiger partial charge on any atom is -0.353 e. The van der Waals surface area contributed by atoms with E-state index in [0.717, 1.165) is 31.0 Å². The number of nitrogens with zero attached hydrogens (tertiary/aromatic N) is 3. The van der Waals surface area contributed by atoms with Crippen molar-refractivity contribution in [2.24, 2.45) is 4.99 Å². The molecular weight excluding hydrogens is 401 g/mol. The van der Waals surface area contributed by atoms with Crippen LogP contribution in [0, 0.1) is 0 Å². The van der Waals surface area contributed by atoms with Crippen LogP contribution in [-0.2, 0) is 6.54 Å². The highest BCUT2D eigenvalue weighted by atomic mass is 127. The van der Waals surface area contributed by atoms with Crippen LogP contribution >= 0.6 is 24.0 Å². The zero-order valence-corrected chi connectivity index (χ0v) is 15.5. The van der Waals surface area contributed by atoms with Gasteiger partial charge in [-0.05, 0) is 36.6 Å². The summed E-state index contributed by atoms with van der Waals surface area (Å²) in [7, 11) is 1.80. The number of rotatable bonds is 4. The quantitative estimate of drug-likeness (QED) is 0.344. The summed E-state index contributed by atoms with van der Waals surface area (Å²) in [4.78, 5) is 4.28. The Bertz CT molecular complexity index is 638. The molecule has 1 aliphatic carbocycles. The standard InChI is InChI=1S/C17H21N5.HI/c1-18-17(21-15-5-2-3-6-15)19-13-14-7-9-16(10-8-14)22-12-4-11-20-22;/h2-4,7-12,15H,5-6,13H2,1H3,(H2,18,19,21);1H. The predicted octanol–water partition coefficient (Wildman–Crippen LogP) is 2.87. The van der Waals surface area contributed by atoms with Gasteiger partial charge in [0.1, 0.15) is 0 Å². The molecule has 1 aromatic carbocycles. The lowest BCUT2D eigenvalue weighted by Crippen LogP contribution is -2.42. The minimum atomic E-state index is 0. The Morgan fingerprint density at radius 1 is 1.26 bits per heavy atom. The SMILES string of the molecule is CN=C(NCc1ccc(-n2cccn2)cc1)NC1CC=CC1.I. The van der Waals surface area contributed by atoms with Crippen molar-refractivity contribution in [3.63, 3.8) is 0 Å². The first kappa shape index (κ1) is 17.5. The van der Waals surface area contributed by atoms with Crippen LogP contribution in [0.1, 0.15) is 18.4 Å². The van der Waals surface area contributed by atoms with E-state index < -0.39 is 0 Å². The van der Waals surface area contributed by atoms with Crippen LogP contribution in [0.3, 0.4) is 0 Å². The number of aromatic nitrogens is 2. The molecule has 1 heterocycles. The third-order valence-corrected chi connectivity index (χ3v) is 3.74. The highest BCUT2D eigenvalue weighted by Crippen LogP contribution is 2.10. The molecule has 3 rings (SSSR count). The number of benzene rings is 1. The van der Waals surface area contributed by atoms with Crippen molar-refractivity contribution in [1.29, 1.82) is 0 Å². The van der Waals surface area contributed by atoms with Gasteiger partial charge in [0.25, 0.3) is 0 Å². The van der Waals surface area contributed by atoms with Gasteiger partial charge in [-0.2, -0.15) is 5.10 Å². The number of halogens is 1. The molecule has 23 heavy (non-hydrogen) atoms. The summed E-state index contributed by atoms with van der Waals surface area (Å²) in [5, 5.41) is 11.0. The van der Waals surface area contributed by atoms with Gasteiger partial charge in [-0.3, -0.25) is 4.99 Å². The van der Waals surface area contributed by atoms with Gasteiger partial charge in [0.05, 0.1) is 5.69 Å². The number of hydrogen-bond acceptors (Lipinski definition) is 2. The maximum absolute atomic E-state index is 4.28. The fraction of sp³-hybridized carbons (Fsp3) is 0.294. The molecule has 1 aromatic heterocycles. The average Bonchev–Trinajstić information content (AvgIpc) is 3.25. The summed E-state index contributed by atoms with van der Waals surface area (Å²) in [6, 6.07) is 10.7. The first-order chi connectivity index (χ1) is 10.8. The van der Waals surface area contributed by atoms with E-state index in [4.69, 9.17) is 0 Å². The molecule has 122 valence electrons. The molecule has 0 spiro atoms. The monoisotopic (exact) mass is 423 g/mol. The van der Waals surface area contributed by atoms with Crippen molar-refractivity contribution in [3.05, 3.63) is 60.4 Å². The van der Waals surface area contributed by atoms with Gasteiger partial charge in [-0.1, -0.05) is 24.3 Å². The van der Waals surface area contributed by atoms with Crippen molar-refractivity contribution < 1.29 is 0 Å². The zero-order chi connectivity index (χ0) is 15.2. The second-order valence-corrected chi connectivity index (χ2v) is 5.33. The number of guanidine groups is 1. The molecule has 0 atom stereocenters. The first-order valence-electron chi connectivity index (χ1n) is 7.56. The van der Waals surface area contributed by atoms with E-state index in [1.807, 2.05) is 16.9 Å². The van der Waals surface area contributed by atoms with Crippen LogP contribution in [0.25, 0.3) is 5.69 Å². The summed E-state index contributed by atoms with van der Waals surface area (Å²) < 4.78 is 1.85. The Balaban J connectivity index is 0.00000192. The smallest absolute Gasteiger partial charge is 0.191 e. The molecular formula is C17H22IN5. The summed E-state index contributed by atoms with van der Waals surface area (Å²) in [5.41, 5.74) is 2.27. The molecule has 0 radical (unpaired) electrons. The van der Waals surface area contributed by atoms with Gasteiger partial charge in [0, 0.05) is 32.0 Å². The highest BCUT2D eigenvalue weighted by molar-refractivity contribution is 14.0. The lowest BCUT2D eigenvalue weighted by Gasteiger charge is -2.17. The normalized spacial score (nSPS) is 14.6. The van der Waals surface area contributed by atoms with Gasteiger partial charge in [0.2, 0.25) is 0 Å². The van der Waals surface area contributed by atoms with Gasteiger partial charge < -0.3 is 10.6 Å². The number of nitrogens with one attached hydrogen (secondary N) is 2. The van der Waals surface area contributed by atoms with Gasteiger partial charge in [-0.15, -0.1) is 24.0 Å². The van der Waals surface area contributed by atoms with Crippen LogP contribution in [0.2, 0.25) is 0 Å².